The number of nitrogens with one attached hydrogen (secondary N) is 3. The van der Waals surface area contributed by atoms with Gasteiger partial charge in [-0.25, -0.2) is 4.79 Å². The molecule has 0 radical (unpaired) electrons. The van der Waals surface area contributed by atoms with Crippen molar-refractivity contribution in [3.63, 3.8) is 0 Å². The highest BCUT2D eigenvalue weighted by atomic mass is 16.6. The Morgan fingerprint density at radius 1 is 1.03 bits per heavy atom. The van der Waals surface area contributed by atoms with Crippen LogP contribution >= 0.6 is 0 Å². The van der Waals surface area contributed by atoms with Crippen LogP contribution in [0.2, 0.25) is 0 Å². The van der Waals surface area contributed by atoms with Gasteiger partial charge >= 0.3 is 6.09 Å². The number of carbonyl (C=O) groups is 4. The molecular weight excluding hydrogens is 400 g/mol. The van der Waals surface area contributed by atoms with Crippen LogP contribution in [0, 0.1) is 5.92 Å². The third-order valence-corrected chi connectivity index (χ3v) is 4.97. The molecule has 3 rings (SSSR count). The Hall–Kier alpha value is -3.10. The molecule has 1 aromatic rings. The van der Waals surface area contributed by atoms with E-state index in [1.165, 1.54) is 4.90 Å². The van der Waals surface area contributed by atoms with Crippen LogP contribution in [-0.4, -0.2) is 53.4 Å². The molecule has 0 aromatic heterocycles. The lowest BCUT2D eigenvalue weighted by Gasteiger charge is -2.28. The summed E-state index contributed by atoms with van der Waals surface area (Å²) in [6, 6.07) is 6.20. The number of rotatable bonds is 6. The normalized spacial score (nSPS) is 18.3. The zero-order valence-corrected chi connectivity index (χ0v) is 18.2. The van der Waals surface area contributed by atoms with Crippen molar-refractivity contribution in [2.45, 2.75) is 58.1 Å². The molecule has 1 aromatic carbocycles. The molecule has 1 saturated carbocycles. The van der Waals surface area contributed by atoms with E-state index in [-0.39, 0.29) is 24.3 Å². The van der Waals surface area contributed by atoms with E-state index in [1.54, 1.807) is 45.0 Å². The minimum Gasteiger partial charge on any atom is -0.444 e. The van der Waals surface area contributed by atoms with Crippen molar-refractivity contribution in [1.82, 2.24) is 10.2 Å². The minimum absolute atomic E-state index is 0.0122. The predicted molar refractivity (Wildman–Crippen MR) is 115 cm³/mol. The second-order valence-electron chi connectivity index (χ2n) is 8.94. The second-order valence-corrected chi connectivity index (χ2v) is 8.94. The highest BCUT2D eigenvalue weighted by Crippen LogP contribution is 2.30. The predicted octanol–water partition coefficient (Wildman–Crippen LogP) is 2.49. The Morgan fingerprint density at radius 2 is 1.71 bits per heavy atom. The highest BCUT2D eigenvalue weighted by molar-refractivity contribution is 5.97. The fraction of sp³-hybridized carbons (Fsp3) is 0.545. The Kier molecular flexibility index (Phi) is 6.82. The Bertz CT molecular complexity index is 860. The van der Waals surface area contributed by atoms with Crippen LogP contribution in [0.1, 0.15) is 46.5 Å². The van der Waals surface area contributed by atoms with Crippen molar-refractivity contribution in [2.75, 3.05) is 23.7 Å². The summed E-state index contributed by atoms with van der Waals surface area (Å²) in [6.45, 7) is 5.53. The van der Waals surface area contributed by atoms with Gasteiger partial charge in [0.05, 0.1) is 6.54 Å². The summed E-state index contributed by atoms with van der Waals surface area (Å²) in [5, 5.41) is 8.12. The van der Waals surface area contributed by atoms with E-state index in [1.807, 2.05) is 0 Å². The molecule has 2 aliphatic rings. The molecule has 0 bridgehead atoms. The fourth-order valence-corrected chi connectivity index (χ4v) is 3.33. The molecule has 3 N–H and O–H groups in total. The number of ether oxygens (including phenoxy) is 1. The summed E-state index contributed by atoms with van der Waals surface area (Å²) in [5.41, 5.74) is 0.481. The zero-order chi connectivity index (χ0) is 22.6. The van der Waals surface area contributed by atoms with Gasteiger partial charge in [0.25, 0.3) is 0 Å². The monoisotopic (exact) mass is 430 g/mol. The molecule has 9 heteroatoms. The molecule has 9 nitrogen and oxygen atoms in total. The van der Waals surface area contributed by atoms with E-state index in [0.29, 0.717) is 30.8 Å². The third-order valence-electron chi connectivity index (χ3n) is 4.97. The first-order valence-electron chi connectivity index (χ1n) is 10.6. The molecule has 1 aliphatic heterocycles. The standard InChI is InChI=1S/C22H30N4O5/c1-22(2,3)31-21(30)26-11-5-8-17(26)20(29)23-13-18(27)24-15-6-4-7-16(12-15)25-19(28)14-9-10-14/h4,6-7,12,14,17H,5,8-11,13H2,1-3H3,(H,23,29)(H,24,27)(H,25,28)/t17-/m1/s1. The minimum atomic E-state index is -0.649. The molecular formula is C22H30N4O5. The summed E-state index contributed by atoms with van der Waals surface area (Å²) >= 11 is 0. The van der Waals surface area contributed by atoms with Gasteiger partial charge in [-0.1, -0.05) is 6.07 Å². The van der Waals surface area contributed by atoms with Crippen molar-refractivity contribution < 1.29 is 23.9 Å². The van der Waals surface area contributed by atoms with E-state index in [4.69, 9.17) is 4.74 Å². The topological polar surface area (TPSA) is 117 Å². The molecule has 0 spiro atoms. The summed E-state index contributed by atoms with van der Waals surface area (Å²) in [5.74, 6) is -0.712. The lowest BCUT2D eigenvalue weighted by Crippen LogP contribution is -2.48. The quantitative estimate of drug-likeness (QED) is 0.641. The van der Waals surface area contributed by atoms with Gasteiger partial charge in [0.1, 0.15) is 11.6 Å². The first kappa shape index (κ1) is 22.6. The Morgan fingerprint density at radius 3 is 2.35 bits per heavy atom. The molecule has 31 heavy (non-hydrogen) atoms. The van der Waals surface area contributed by atoms with Crippen molar-refractivity contribution in [3.8, 4) is 0 Å². The van der Waals surface area contributed by atoms with Crippen molar-refractivity contribution >= 4 is 35.2 Å². The third kappa shape index (κ3) is 6.70. The van der Waals surface area contributed by atoms with Gasteiger partial charge in [0.2, 0.25) is 17.7 Å². The van der Waals surface area contributed by atoms with Crippen LogP contribution in [0.15, 0.2) is 24.3 Å². The molecule has 1 atom stereocenters. The number of amides is 4. The highest BCUT2D eigenvalue weighted by Gasteiger charge is 2.36. The summed E-state index contributed by atoms with van der Waals surface area (Å²) in [6.07, 6.45) is 2.51. The molecule has 4 amide bonds. The van der Waals surface area contributed by atoms with Gasteiger partial charge in [0, 0.05) is 23.8 Å². The summed E-state index contributed by atoms with van der Waals surface area (Å²) in [4.78, 5) is 50.4. The molecule has 0 unspecified atom stereocenters. The van der Waals surface area contributed by atoms with Crippen LogP contribution in [-0.2, 0) is 19.1 Å². The maximum Gasteiger partial charge on any atom is 0.410 e. The lowest BCUT2D eigenvalue weighted by atomic mass is 10.2. The van der Waals surface area contributed by atoms with Crippen molar-refractivity contribution in [2.24, 2.45) is 5.92 Å². The molecule has 1 heterocycles. The number of nitrogens with zero attached hydrogens (tertiary/aromatic N) is 1. The van der Waals surface area contributed by atoms with Gasteiger partial charge in [-0.3, -0.25) is 19.3 Å². The van der Waals surface area contributed by atoms with Gasteiger partial charge in [-0.2, -0.15) is 0 Å². The smallest absolute Gasteiger partial charge is 0.410 e. The van der Waals surface area contributed by atoms with Crippen LogP contribution < -0.4 is 16.0 Å². The maximum absolute atomic E-state index is 12.5. The summed E-state index contributed by atoms with van der Waals surface area (Å²) in [7, 11) is 0. The maximum atomic E-state index is 12.5. The SMILES string of the molecule is CC(C)(C)OC(=O)N1CCC[C@@H]1C(=O)NCC(=O)Nc1cccc(NC(=O)C2CC2)c1. The van der Waals surface area contributed by atoms with E-state index < -0.39 is 23.6 Å². The Balaban J connectivity index is 1.48. The Labute approximate surface area is 181 Å². The van der Waals surface area contributed by atoms with Crippen LogP contribution in [0.5, 0.6) is 0 Å². The number of likely N-dealkylation sites (tertiary alicyclic amines) is 1. The molecule has 1 saturated heterocycles. The number of hydrogen-bond acceptors (Lipinski definition) is 5. The first-order chi connectivity index (χ1) is 14.6. The second kappa shape index (κ2) is 9.36. The number of anilines is 2. The van der Waals surface area contributed by atoms with Gasteiger partial charge in [-0.05, 0) is 64.7 Å². The van der Waals surface area contributed by atoms with E-state index in [9.17, 15) is 19.2 Å². The summed E-state index contributed by atoms with van der Waals surface area (Å²) < 4.78 is 5.36. The number of benzene rings is 1. The molecule has 1 aliphatic carbocycles. The van der Waals surface area contributed by atoms with Gasteiger partial charge < -0.3 is 20.7 Å². The van der Waals surface area contributed by atoms with Crippen LogP contribution in [0.3, 0.4) is 0 Å². The van der Waals surface area contributed by atoms with Crippen molar-refractivity contribution in [1.29, 1.82) is 0 Å². The van der Waals surface area contributed by atoms with Crippen LogP contribution in [0.4, 0.5) is 16.2 Å². The number of carbonyl (C=O) groups excluding carboxylic acids is 4. The van der Waals surface area contributed by atoms with Crippen molar-refractivity contribution in [3.05, 3.63) is 24.3 Å². The molecule has 168 valence electrons. The zero-order valence-electron chi connectivity index (χ0n) is 18.2. The molecule has 2 fully saturated rings. The van der Waals surface area contributed by atoms with E-state index in [0.717, 1.165) is 12.8 Å². The number of hydrogen-bond donors (Lipinski definition) is 3. The fourth-order valence-electron chi connectivity index (χ4n) is 3.33. The van der Waals surface area contributed by atoms with E-state index >= 15 is 0 Å². The van der Waals surface area contributed by atoms with Crippen LogP contribution in [0.25, 0.3) is 0 Å². The average molecular weight is 431 g/mol. The largest absolute Gasteiger partial charge is 0.444 e. The average Bonchev–Trinajstić information content (AvgIpc) is 3.41. The van der Waals surface area contributed by atoms with Gasteiger partial charge in [0.15, 0.2) is 0 Å². The van der Waals surface area contributed by atoms with Gasteiger partial charge in [-0.15, -0.1) is 0 Å². The lowest BCUT2D eigenvalue weighted by molar-refractivity contribution is -0.127. The first-order valence-corrected chi connectivity index (χ1v) is 10.6. The van der Waals surface area contributed by atoms with E-state index in [2.05, 4.69) is 16.0 Å².